The number of nitrogens with zero attached hydrogens (tertiary/aromatic N) is 2. The summed E-state index contributed by atoms with van der Waals surface area (Å²) in [5, 5.41) is 1.12. The van der Waals surface area contributed by atoms with Crippen molar-refractivity contribution >= 4 is 16.7 Å². The molecule has 1 saturated heterocycles. The molecule has 4 heteroatoms. The van der Waals surface area contributed by atoms with E-state index in [2.05, 4.69) is 4.98 Å². The Balaban J connectivity index is 1.94. The molecule has 0 aliphatic carbocycles. The van der Waals surface area contributed by atoms with Gasteiger partial charge in [-0.05, 0) is 31.0 Å². The van der Waals surface area contributed by atoms with Crippen molar-refractivity contribution in [2.45, 2.75) is 19.8 Å². The van der Waals surface area contributed by atoms with Crippen LogP contribution in [-0.4, -0.2) is 24.5 Å². The normalized spacial score (nSPS) is 19.6. The van der Waals surface area contributed by atoms with Crippen LogP contribution in [0.25, 0.3) is 10.9 Å². The van der Waals surface area contributed by atoms with E-state index >= 15 is 0 Å². The third kappa shape index (κ3) is 2.27. The van der Waals surface area contributed by atoms with Crippen molar-refractivity contribution in [3.63, 3.8) is 0 Å². The van der Waals surface area contributed by atoms with Crippen LogP contribution >= 0.6 is 0 Å². The summed E-state index contributed by atoms with van der Waals surface area (Å²) in [6.07, 6.45) is -1.68. The number of para-hydroxylation sites is 1. The standard InChI is InChI=1S/C15H16F2N2/c1-10-8-14(18-13-5-3-2-4-12(10)13)19-7-6-11(9-19)15(16)17/h2-5,8,11,15H,6-7,9H2,1H3. The SMILES string of the molecule is Cc1cc(N2CCC(C(F)F)C2)nc2ccccc12. The van der Waals surface area contributed by atoms with Gasteiger partial charge in [-0.3, -0.25) is 0 Å². The number of fused-ring (bicyclic) bond motifs is 1. The van der Waals surface area contributed by atoms with E-state index in [4.69, 9.17) is 0 Å². The Labute approximate surface area is 111 Å². The molecule has 0 bridgehead atoms. The van der Waals surface area contributed by atoms with Crippen LogP contribution < -0.4 is 4.90 Å². The number of rotatable bonds is 2. The van der Waals surface area contributed by atoms with Crippen molar-refractivity contribution in [2.24, 2.45) is 5.92 Å². The first-order chi connectivity index (χ1) is 9.15. The van der Waals surface area contributed by atoms with Crippen molar-refractivity contribution in [1.29, 1.82) is 0 Å². The molecule has 1 aromatic carbocycles. The molecule has 100 valence electrons. The molecule has 1 aliphatic heterocycles. The van der Waals surface area contributed by atoms with E-state index in [-0.39, 0.29) is 0 Å². The average molecular weight is 262 g/mol. The summed E-state index contributed by atoms with van der Waals surface area (Å²) in [5.74, 6) is 0.299. The van der Waals surface area contributed by atoms with Gasteiger partial charge in [0, 0.05) is 24.4 Å². The van der Waals surface area contributed by atoms with E-state index in [1.807, 2.05) is 42.2 Å². The van der Waals surface area contributed by atoms with Crippen molar-refractivity contribution in [3.05, 3.63) is 35.9 Å². The number of benzene rings is 1. The molecule has 0 spiro atoms. The third-order valence-corrected chi connectivity index (χ3v) is 3.81. The van der Waals surface area contributed by atoms with Crippen LogP contribution in [0.2, 0.25) is 0 Å². The highest BCUT2D eigenvalue weighted by Crippen LogP contribution is 2.29. The molecule has 1 unspecified atom stereocenters. The fraction of sp³-hybridized carbons (Fsp3) is 0.400. The molecule has 0 saturated carbocycles. The van der Waals surface area contributed by atoms with Crippen LogP contribution in [0.1, 0.15) is 12.0 Å². The summed E-state index contributed by atoms with van der Waals surface area (Å²) in [6.45, 7) is 3.11. The Morgan fingerprint density at radius 3 is 2.84 bits per heavy atom. The van der Waals surface area contributed by atoms with E-state index in [1.54, 1.807) is 0 Å². The molecule has 1 fully saturated rings. The average Bonchev–Trinajstić information content (AvgIpc) is 2.88. The van der Waals surface area contributed by atoms with Gasteiger partial charge in [0.05, 0.1) is 5.52 Å². The van der Waals surface area contributed by atoms with Crippen LogP contribution in [0.5, 0.6) is 0 Å². The zero-order chi connectivity index (χ0) is 13.4. The van der Waals surface area contributed by atoms with E-state index in [1.165, 1.54) is 0 Å². The van der Waals surface area contributed by atoms with Crippen LogP contribution in [0, 0.1) is 12.8 Å². The molecule has 2 heterocycles. The van der Waals surface area contributed by atoms with Gasteiger partial charge in [0.15, 0.2) is 0 Å². The van der Waals surface area contributed by atoms with Gasteiger partial charge in [-0.25, -0.2) is 13.8 Å². The van der Waals surface area contributed by atoms with Crippen molar-refractivity contribution in [1.82, 2.24) is 4.98 Å². The minimum absolute atomic E-state index is 0.405. The molecule has 0 amide bonds. The number of halogens is 2. The van der Waals surface area contributed by atoms with Gasteiger partial charge in [-0.2, -0.15) is 0 Å². The maximum absolute atomic E-state index is 12.7. The zero-order valence-corrected chi connectivity index (χ0v) is 10.8. The number of hydrogen-bond donors (Lipinski definition) is 0. The number of aryl methyl sites for hydroxylation is 1. The minimum atomic E-state index is -2.23. The predicted octanol–water partition coefficient (Wildman–Crippen LogP) is 3.63. The van der Waals surface area contributed by atoms with Gasteiger partial charge in [0.2, 0.25) is 6.43 Å². The van der Waals surface area contributed by atoms with Crippen molar-refractivity contribution in [3.8, 4) is 0 Å². The Kier molecular flexibility index (Phi) is 3.09. The van der Waals surface area contributed by atoms with Gasteiger partial charge in [0.25, 0.3) is 0 Å². The maximum Gasteiger partial charge on any atom is 0.243 e. The van der Waals surface area contributed by atoms with E-state index in [9.17, 15) is 8.78 Å². The van der Waals surface area contributed by atoms with Gasteiger partial charge in [0.1, 0.15) is 5.82 Å². The molecule has 1 atom stereocenters. The lowest BCUT2D eigenvalue weighted by atomic mass is 10.1. The summed E-state index contributed by atoms with van der Waals surface area (Å²) < 4.78 is 25.4. The van der Waals surface area contributed by atoms with E-state index in [0.717, 1.165) is 22.3 Å². The summed E-state index contributed by atoms with van der Waals surface area (Å²) in [6, 6.07) is 9.93. The second-order valence-electron chi connectivity index (χ2n) is 5.14. The summed E-state index contributed by atoms with van der Waals surface area (Å²) >= 11 is 0. The second-order valence-corrected chi connectivity index (χ2v) is 5.14. The monoisotopic (exact) mass is 262 g/mol. The topological polar surface area (TPSA) is 16.1 Å². The first kappa shape index (κ1) is 12.3. The highest BCUT2D eigenvalue weighted by atomic mass is 19.3. The predicted molar refractivity (Wildman–Crippen MR) is 72.8 cm³/mol. The molecule has 2 aromatic rings. The molecular formula is C15H16F2N2. The lowest BCUT2D eigenvalue weighted by Crippen LogP contribution is -2.23. The van der Waals surface area contributed by atoms with E-state index < -0.39 is 12.3 Å². The van der Waals surface area contributed by atoms with Crippen molar-refractivity contribution in [2.75, 3.05) is 18.0 Å². The van der Waals surface area contributed by atoms with Gasteiger partial charge < -0.3 is 4.90 Å². The Morgan fingerprint density at radius 2 is 2.11 bits per heavy atom. The first-order valence-corrected chi connectivity index (χ1v) is 6.54. The first-order valence-electron chi connectivity index (χ1n) is 6.54. The Morgan fingerprint density at radius 1 is 1.32 bits per heavy atom. The van der Waals surface area contributed by atoms with Crippen LogP contribution in [-0.2, 0) is 0 Å². The number of pyridine rings is 1. The summed E-state index contributed by atoms with van der Waals surface area (Å²) in [4.78, 5) is 6.56. The Hall–Kier alpha value is -1.71. The molecule has 1 aromatic heterocycles. The van der Waals surface area contributed by atoms with Crippen molar-refractivity contribution < 1.29 is 8.78 Å². The minimum Gasteiger partial charge on any atom is -0.356 e. The van der Waals surface area contributed by atoms with Gasteiger partial charge in [-0.1, -0.05) is 18.2 Å². The lowest BCUT2D eigenvalue weighted by Gasteiger charge is -2.19. The fourth-order valence-corrected chi connectivity index (χ4v) is 2.69. The number of anilines is 1. The maximum atomic E-state index is 12.7. The summed E-state index contributed by atoms with van der Waals surface area (Å²) in [7, 11) is 0. The number of alkyl halides is 2. The highest BCUT2D eigenvalue weighted by Gasteiger charge is 2.30. The smallest absolute Gasteiger partial charge is 0.243 e. The Bertz CT molecular complexity index is 598. The summed E-state index contributed by atoms with van der Waals surface area (Å²) in [5.41, 5.74) is 2.07. The van der Waals surface area contributed by atoms with E-state index in [0.29, 0.717) is 19.5 Å². The molecular weight excluding hydrogens is 246 g/mol. The number of aromatic nitrogens is 1. The molecule has 0 N–H and O–H groups in total. The van der Waals surface area contributed by atoms with Crippen LogP contribution in [0.4, 0.5) is 14.6 Å². The highest BCUT2D eigenvalue weighted by molar-refractivity contribution is 5.83. The molecule has 3 rings (SSSR count). The van der Waals surface area contributed by atoms with Gasteiger partial charge >= 0.3 is 0 Å². The van der Waals surface area contributed by atoms with Crippen LogP contribution in [0.15, 0.2) is 30.3 Å². The lowest BCUT2D eigenvalue weighted by molar-refractivity contribution is 0.0880. The third-order valence-electron chi connectivity index (χ3n) is 3.81. The quantitative estimate of drug-likeness (QED) is 0.821. The molecule has 0 radical (unpaired) electrons. The molecule has 19 heavy (non-hydrogen) atoms. The largest absolute Gasteiger partial charge is 0.356 e. The second kappa shape index (κ2) is 4.76. The van der Waals surface area contributed by atoms with Gasteiger partial charge in [-0.15, -0.1) is 0 Å². The fourth-order valence-electron chi connectivity index (χ4n) is 2.69. The number of hydrogen-bond acceptors (Lipinski definition) is 2. The molecule has 2 nitrogen and oxygen atoms in total. The molecule has 1 aliphatic rings. The van der Waals surface area contributed by atoms with Crippen LogP contribution in [0.3, 0.4) is 0 Å². The zero-order valence-electron chi connectivity index (χ0n) is 10.8.